The quantitative estimate of drug-likeness (QED) is 0.810. The van der Waals surface area contributed by atoms with Crippen LogP contribution in [-0.4, -0.2) is 71.1 Å². The SMILES string of the molecule is Cc1nc(C(C)(C)C)[nH]c(=O)c1C(=O)N1C[C@H]2OCCN(C)[C@H]2C1. The number of nitrogens with one attached hydrogen (secondary N) is 1. The van der Waals surface area contributed by atoms with E-state index in [9.17, 15) is 9.59 Å². The van der Waals surface area contributed by atoms with Gasteiger partial charge in [0, 0.05) is 25.0 Å². The number of carbonyl (C=O) groups excluding carboxylic acids is 1. The lowest BCUT2D eigenvalue weighted by atomic mass is 9.95. The number of carbonyl (C=O) groups is 1. The van der Waals surface area contributed by atoms with Crippen molar-refractivity contribution in [2.24, 2.45) is 0 Å². The van der Waals surface area contributed by atoms with Crippen LogP contribution in [0, 0.1) is 6.92 Å². The van der Waals surface area contributed by atoms with Crippen molar-refractivity contribution in [1.82, 2.24) is 19.8 Å². The van der Waals surface area contributed by atoms with Gasteiger partial charge in [-0.3, -0.25) is 14.5 Å². The van der Waals surface area contributed by atoms with Gasteiger partial charge in [-0.25, -0.2) is 4.98 Å². The number of nitrogens with zero attached hydrogens (tertiary/aromatic N) is 3. The summed E-state index contributed by atoms with van der Waals surface area (Å²) in [5.74, 6) is 0.341. The third-order valence-electron chi connectivity index (χ3n) is 4.89. The van der Waals surface area contributed by atoms with Crippen LogP contribution in [0.25, 0.3) is 0 Å². The van der Waals surface area contributed by atoms with Crippen molar-refractivity contribution in [2.75, 3.05) is 33.3 Å². The minimum Gasteiger partial charge on any atom is -0.373 e. The maximum absolute atomic E-state index is 12.9. The molecule has 3 rings (SSSR count). The number of aryl methyl sites for hydroxylation is 1. The Balaban J connectivity index is 1.87. The molecular weight excluding hydrogens is 308 g/mol. The van der Waals surface area contributed by atoms with Crippen LogP contribution in [0.15, 0.2) is 4.79 Å². The lowest BCUT2D eigenvalue weighted by Crippen LogP contribution is -2.48. The number of rotatable bonds is 1. The summed E-state index contributed by atoms with van der Waals surface area (Å²) in [5.41, 5.74) is -0.00587. The Morgan fingerprint density at radius 1 is 1.33 bits per heavy atom. The number of likely N-dealkylation sites (N-methyl/N-ethyl adjacent to an activating group) is 1. The van der Waals surface area contributed by atoms with Gasteiger partial charge in [0.1, 0.15) is 11.4 Å². The van der Waals surface area contributed by atoms with Crippen molar-refractivity contribution in [3.63, 3.8) is 0 Å². The van der Waals surface area contributed by atoms with Crippen molar-refractivity contribution in [2.45, 2.75) is 45.3 Å². The summed E-state index contributed by atoms with van der Waals surface area (Å²) in [6, 6.07) is 0.198. The van der Waals surface area contributed by atoms with Crippen molar-refractivity contribution in [3.8, 4) is 0 Å². The first kappa shape index (κ1) is 17.1. The standard InChI is InChI=1S/C17H26N4O3/c1-10-13(14(22)19-16(18-10)17(2,3)4)15(23)21-8-11-12(9-21)24-7-6-20(11)5/h11-12H,6-9H2,1-5H3,(H,18,19,22)/t11-,12+/m0/s1. The molecule has 0 bridgehead atoms. The number of morpholine rings is 1. The topological polar surface area (TPSA) is 78.5 Å². The average Bonchev–Trinajstić information content (AvgIpc) is 2.91. The molecule has 24 heavy (non-hydrogen) atoms. The van der Waals surface area contributed by atoms with E-state index < -0.39 is 0 Å². The molecule has 0 saturated carbocycles. The van der Waals surface area contributed by atoms with Crippen LogP contribution in [0.3, 0.4) is 0 Å². The van der Waals surface area contributed by atoms with Crippen molar-refractivity contribution >= 4 is 5.91 Å². The fraction of sp³-hybridized carbons (Fsp3) is 0.706. The summed E-state index contributed by atoms with van der Waals surface area (Å²) >= 11 is 0. The predicted octanol–water partition coefficient (Wildman–Crippen LogP) is 0.531. The molecule has 2 aliphatic heterocycles. The van der Waals surface area contributed by atoms with E-state index in [1.165, 1.54) is 0 Å². The summed E-state index contributed by atoms with van der Waals surface area (Å²) < 4.78 is 5.78. The van der Waals surface area contributed by atoms with Gasteiger partial charge in [0.2, 0.25) is 0 Å². The molecule has 1 amide bonds. The second kappa shape index (κ2) is 5.97. The monoisotopic (exact) mass is 334 g/mol. The highest BCUT2D eigenvalue weighted by atomic mass is 16.5. The summed E-state index contributed by atoms with van der Waals surface area (Å²) in [5, 5.41) is 0. The van der Waals surface area contributed by atoms with E-state index in [2.05, 4.69) is 14.9 Å². The Labute approximate surface area is 142 Å². The number of likely N-dealkylation sites (tertiary alicyclic amines) is 1. The van der Waals surface area contributed by atoms with Crippen molar-refractivity contribution in [3.05, 3.63) is 27.4 Å². The predicted molar refractivity (Wildman–Crippen MR) is 90.4 cm³/mol. The first-order chi connectivity index (χ1) is 11.2. The van der Waals surface area contributed by atoms with E-state index in [0.717, 1.165) is 6.54 Å². The van der Waals surface area contributed by atoms with E-state index in [1.54, 1.807) is 11.8 Å². The highest BCUT2D eigenvalue weighted by Crippen LogP contribution is 2.23. The fourth-order valence-electron chi connectivity index (χ4n) is 3.37. The number of amides is 1. The normalized spacial score (nSPS) is 25.0. The zero-order chi connectivity index (χ0) is 17.6. The minimum atomic E-state index is -0.360. The molecule has 0 aromatic carbocycles. The largest absolute Gasteiger partial charge is 0.373 e. The van der Waals surface area contributed by atoms with E-state index in [-0.39, 0.29) is 34.6 Å². The summed E-state index contributed by atoms with van der Waals surface area (Å²) in [6.07, 6.45) is 0.0221. The summed E-state index contributed by atoms with van der Waals surface area (Å²) in [6.45, 7) is 10.3. The van der Waals surface area contributed by atoms with Gasteiger partial charge in [0.25, 0.3) is 11.5 Å². The summed E-state index contributed by atoms with van der Waals surface area (Å²) in [4.78, 5) is 36.6. The molecule has 0 radical (unpaired) electrons. The van der Waals surface area contributed by atoms with E-state index in [4.69, 9.17) is 4.74 Å². The molecule has 0 aliphatic carbocycles. The Hall–Kier alpha value is -1.73. The second-order valence-corrected chi connectivity index (χ2v) is 7.79. The van der Waals surface area contributed by atoms with Crippen LogP contribution in [-0.2, 0) is 10.2 Å². The lowest BCUT2D eigenvalue weighted by molar-refractivity contribution is -0.0368. The van der Waals surface area contributed by atoms with Crippen LogP contribution in [0.5, 0.6) is 0 Å². The molecule has 2 aliphatic rings. The molecule has 7 nitrogen and oxygen atoms in total. The van der Waals surface area contributed by atoms with Crippen molar-refractivity contribution in [1.29, 1.82) is 0 Å². The van der Waals surface area contributed by atoms with Crippen LogP contribution >= 0.6 is 0 Å². The number of aromatic nitrogens is 2. The molecule has 2 fully saturated rings. The number of aromatic amines is 1. The lowest BCUT2D eigenvalue weighted by Gasteiger charge is -2.33. The maximum Gasteiger partial charge on any atom is 0.264 e. The van der Waals surface area contributed by atoms with Gasteiger partial charge in [0.05, 0.1) is 24.4 Å². The third kappa shape index (κ3) is 2.98. The van der Waals surface area contributed by atoms with Crippen LogP contribution in [0.2, 0.25) is 0 Å². The molecule has 2 saturated heterocycles. The molecule has 1 aromatic heterocycles. The molecular formula is C17H26N4O3. The van der Waals surface area contributed by atoms with Gasteiger partial charge < -0.3 is 14.6 Å². The highest BCUT2D eigenvalue weighted by Gasteiger charge is 2.41. The number of ether oxygens (including phenoxy) is 1. The molecule has 7 heteroatoms. The molecule has 1 aromatic rings. The van der Waals surface area contributed by atoms with Crippen LogP contribution in [0.1, 0.15) is 42.6 Å². The van der Waals surface area contributed by atoms with E-state index >= 15 is 0 Å². The Bertz CT molecular complexity index is 707. The zero-order valence-corrected chi connectivity index (χ0v) is 15.0. The third-order valence-corrected chi connectivity index (χ3v) is 4.89. The molecule has 3 heterocycles. The number of hydrogen-bond acceptors (Lipinski definition) is 5. The molecule has 0 unspecified atom stereocenters. The molecule has 0 spiro atoms. The second-order valence-electron chi connectivity index (χ2n) is 7.79. The smallest absolute Gasteiger partial charge is 0.264 e. The summed E-state index contributed by atoms with van der Waals surface area (Å²) in [7, 11) is 2.05. The Morgan fingerprint density at radius 2 is 2.04 bits per heavy atom. The van der Waals surface area contributed by atoms with Gasteiger partial charge in [-0.05, 0) is 14.0 Å². The molecule has 132 valence electrons. The van der Waals surface area contributed by atoms with Gasteiger partial charge in [-0.2, -0.15) is 0 Å². The number of fused-ring (bicyclic) bond motifs is 1. The van der Waals surface area contributed by atoms with Crippen LogP contribution in [0.4, 0.5) is 0 Å². The van der Waals surface area contributed by atoms with Gasteiger partial charge in [-0.15, -0.1) is 0 Å². The minimum absolute atomic E-state index is 0.0221. The zero-order valence-electron chi connectivity index (χ0n) is 15.0. The molecule has 1 N–H and O–H groups in total. The Kier molecular flexibility index (Phi) is 4.25. The number of H-pyrrole nitrogens is 1. The molecule has 2 atom stereocenters. The van der Waals surface area contributed by atoms with Gasteiger partial charge in [0.15, 0.2) is 0 Å². The van der Waals surface area contributed by atoms with Gasteiger partial charge in [-0.1, -0.05) is 20.8 Å². The first-order valence-corrected chi connectivity index (χ1v) is 8.41. The van der Waals surface area contributed by atoms with Gasteiger partial charge >= 0.3 is 0 Å². The van der Waals surface area contributed by atoms with E-state index in [0.29, 0.717) is 31.2 Å². The van der Waals surface area contributed by atoms with Crippen molar-refractivity contribution < 1.29 is 9.53 Å². The van der Waals surface area contributed by atoms with Crippen LogP contribution < -0.4 is 5.56 Å². The highest BCUT2D eigenvalue weighted by molar-refractivity contribution is 5.95. The first-order valence-electron chi connectivity index (χ1n) is 8.41. The van der Waals surface area contributed by atoms with E-state index in [1.807, 2.05) is 27.8 Å². The average molecular weight is 334 g/mol. The number of hydrogen-bond donors (Lipinski definition) is 1. The maximum atomic E-state index is 12.9. The fourth-order valence-corrected chi connectivity index (χ4v) is 3.37. The Morgan fingerprint density at radius 3 is 2.62 bits per heavy atom.